The van der Waals surface area contributed by atoms with Crippen molar-refractivity contribution >= 4 is 0 Å². The zero-order chi connectivity index (χ0) is 17.6. The fraction of sp³-hybridized carbons (Fsp3) is 0.478. The highest BCUT2D eigenvalue weighted by Gasteiger charge is 2.28. The lowest BCUT2D eigenvalue weighted by Crippen LogP contribution is -3.16. The Morgan fingerprint density at radius 1 is 0.962 bits per heavy atom. The van der Waals surface area contributed by atoms with Crippen LogP contribution in [0.4, 0.5) is 0 Å². The number of nitrogens with one attached hydrogen (secondary N) is 1. The molecule has 0 saturated carbocycles. The van der Waals surface area contributed by atoms with Gasteiger partial charge in [-0.1, -0.05) is 50.2 Å². The van der Waals surface area contributed by atoms with Gasteiger partial charge in [0.05, 0.1) is 26.2 Å². The van der Waals surface area contributed by atoms with Gasteiger partial charge in [0.25, 0.3) is 0 Å². The predicted octanol–water partition coefficient (Wildman–Crippen LogP) is 0.928. The zero-order valence-corrected chi connectivity index (χ0v) is 17.1. The predicted molar refractivity (Wildman–Crippen MR) is 106 cm³/mol. The SMILES string of the molecule is CCC[NH+](CCC)[C@H]1CCc2c(cccc2-c2ccccc2OC)C1.[Cl-]. The van der Waals surface area contributed by atoms with Crippen LogP contribution in [0.3, 0.4) is 0 Å². The molecule has 1 atom stereocenters. The largest absolute Gasteiger partial charge is 1.00 e. The minimum absolute atomic E-state index is 0. The van der Waals surface area contributed by atoms with Crippen molar-refractivity contribution in [2.75, 3.05) is 20.2 Å². The van der Waals surface area contributed by atoms with Crippen molar-refractivity contribution in [2.45, 2.75) is 52.0 Å². The molecular weight excluding hydrogens is 342 g/mol. The molecule has 26 heavy (non-hydrogen) atoms. The van der Waals surface area contributed by atoms with Gasteiger partial charge in [-0.05, 0) is 42.0 Å². The summed E-state index contributed by atoms with van der Waals surface area (Å²) in [6, 6.07) is 16.0. The van der Waals surface area contributed by atoms with Gasteiger partial charge in [0, 0.05) is 18.4 Å². The summed E-state index contributed by atoms with van der Waals surface area (Å²) < 4.78 is 5.61. The maximum atomic E-state index is 5.61. The first-order valence-corrected chi connectivity index (χ1v) is 9.87. The van der Waals surface area contributed by atoms with Gasteiger partial charge in [0.15, 0.2) is 0 Å². The molecule has 3 rings (SSSR count). The van der Waals surface area contributed by atoms with Crippen molar-refractivity contribution in [2.24, 2.45) is 0 Å². The maximum absolute atomic E-state index is 5.61. The Labute approximate surface area is 165 Å². The lowest BCUT2D eigenvalue weighted by atomic mass is 9.83. The second-order valence-electron chi connectivity index (χ2n) is 7.24. The number of quaternary nitrogens is 1. The highest BCUT2D eigenvalue weighted by atomic mass is 35.5. The van der Waals surface area contributed by atoms with Gasteiger partial charge in [-0.25, -0.2) is 0 Å². The number of hydrogen-bond acceptors (Lipinski definition) is 1. The van der Waals surface area contributed by atoms with E-state index in [0.717, 1.165) is 11.8 Å². The van der Waals surface area contributed by atoms with Crippen LogP contribution in [0, 0.1) is 0 Å². The first-order chi connectivity index (χ1) is 12.3. The molecule has 1 aliphatic rings. The summed E-state index contributed by atoms with van der Waals surface area (Å²) in [5.74, 6) is 0.974. The summed E-state index contributed by atoms with van der Waals surface area (Å²) in [5, 5.41) is 0. The van der Waals surface area contributed by atoms with Crippen LogP contribution in [0.2, 0.25) is 0 Å². The molecule has 2 nitrogen and oxygen atoms in total. The van der Waals surface area contributed by atoms with Crippen molar-refractivity contribution in [3.05, 3.63) is 53.6 Å². The summed E-state index contributed by atoms with van der Waals surface area (Å²) in [6.07, 6.45) is 6.26. The summed E-state index contributed by atoms with van der Waals surface area (Å²) in [7, 11) is 1.76. The van der Waals surface area contributed by atoms with E-state index in [1.807, 2.05) is 6.07 Å². The topological polar surface area (TPSA) is 13.7 Å². The average Bonchev–Trinajstić information content (AvgIpc) is 2.67. The second kappa shape index (κ2) is 9.99. The molecule has 0 radical (unpaired) electrons. The van der Waals surface area contributed by atoms with E-state index in [4.69, 9.17) is 4.74 Å². The van der Waals surface area contributed by atoms with Crippen LogP contribution in [0.5, 0.6) is 5.75 Å². The molecular formula is C23H32ClNO. The molecule has 2 aromatic carbocycles. The van der Waals surface area contributed by atoms with Crippen molar-refractivity contribution in [1.82, 2.24) is 0 Å². The number of benzene rings is 2. The number of hydrogen-bond donors (Lipinski definition) is 1. The van der Waals surface area contributed by atoms with E-state index < -0.39 is 0 Å². The van der Waals surface area contributed by atoms with Gasteiger partial charge < -0.3 is 22.0 Å². The molecule has 0 bridgehead atoms. The third-order valence-electron chi connectivity index (χ3n) is 5.60. The summed E-state index contributed by atoms with van der Waals surface area (Å²) in [5.41, 5.74) is 5.67. The number of ether oxygens (including phenoxy) is 1. The van der Waals surface area contributed by atoms with Crippen molar-refractivity contribution in [3.8, 4) is 16.9 Å². The maximum Gasteiger partial charge on any atom is 0.126 e. The molecule has 0 fully saturated rings. The molecule has 1 N–H and O–H groups in total. The third kappa shape index (κ3) is 4.42. The normalized spacial score (nSPS) is 16.1. The van der Waals surface area contributed by atoms with Gasteiger partial charge in [-0.2, -0.15) is 0 Å². The number of rotatable bonds is 7. The fourth-order valence-electron chi connectivity index (χ4n) is 4.45. The lowest BCUT2D eigenvalue weighted by Gasteiger charge is -2.33. The molecule has 0 aromatic heterocycles. The average molecular weight is 374 g/mol. The Morgan fingerprint density at radius 2 is 1.65 bits per heavy atom. The van der Waals surface area contributed by atoms with Crippen molar-refractivity contribution in [1.29, 1.82) is 0 Å². The molecule has 142 valence electrons. The first-order valence-electron chi connectivity index (χ1n) is 9.87. The summed E-state index contributed by atoms with van der Waals surface area (Å²) in [4.78, 5) is 1.80. The standard InChI is InChI=1S/C23H31NO.ClH/c1-4-15-24(16-5-2)19-13-14-20-18(17-19)9-8-11-21(20)22-10-6-7-12-23(22)25-3;/h6-12,19H,4-5,13-17H2,1-3H3;1H/t19-;/m0./s1. The Hall–Kier alpha value is -1.51. The Kier molecular flexibility index (Phi) is 7.99. The Bertz CT molecular complexity index is 694. The van der Waals surface area contributed by atoms with E-state index in [-0.39, 0.29) is 12.4 Å². The first kappa shape index (κ1) is 20.8. The minimum Gasteiger partial charge on any atom is -1.00 e. The quantitative estimate of drug-likeness (QED) is 0.762. The molecule has 0 heterocycles. The third-order valence-corrected chi connectivity index (χ3v) is 5.60. The van der Waals surface area contributed by atoms with Crippen molar-refractivity contribution in [3.63, 3.8) is 0 Å². The van der Waals surface area contributed by atoms with Gasteiger partial charge in [-0.3, -0.25) is 0 Å². The molecule has 0 amide bonds. The summed E-state index contributed by atoms with van der Waals surface area (Å²) >= 11 is 0. The molecule has 1 aliphatic carbocycles. The van der Waals surface area contributed by atoms with Gasteiger partial charge in [0.2, 0.25) is 0 Å². The van der Waals surface area contributed by atoms with Crippen LogP contribution in [-0.4, -0.2) is 26.2 Å². The number of para-hydroxylation sites is 1. The number of fused-ring (bicyclic) bond motifs is 1. The molecule has 0 unspecified atom stereocenters. The molecule has 0 saturated heterocycles. The molecule has 0 spiro atoms. The van der Waals surface area contributed by atoms with Crippen molar-refractivity contribution < 1.29 is 22.0 Å². The smallest absolute Gasteiger partial charge is 0.126 e. The van der Waals surface area contributed by atoms with E-state index in [1.165, 1.54) is 61.9 Å². The van der Waals surface area contributed by atoms with E-state index in [2.05, 4.69) is 50.2 Å². The summed E-state index contributed by atoms with van der Waals surface area (Å²) in [6.45, 7) is 7.23. The van der Waals surface area contributed by atoms with E-state index in [0.29, 0.717) is 0 Å². The molecule has 2 aromatic rings. The fourth-order valence-corrected chi connectivity index (χ4v) is 4.45. The van der Waals surface area contributed by atoms with Gasteiger partial charge in [0.1, 0.15) is 5.75 Å². The van der Waals surface area contributed by atoms with Crippen LogP contribution in [0.15, 0.2) is 42.5 Å². The number of halogens is 1. The zero-order valence-electron chi connectivity index (χ0n) is 16.4. The van der Waals surface area contributed by atoms with Gasteiger partial charge in [-0.15, -0.1) is 0 Å². The monoisotopic (exact) mass is 373 g/mol. The van der Waals surface area contributed by atoms with Crippen LogP contribution in [0.25, 0.3) is 11.1 Å². The van der Waals surface area contributed by atoms with Crippen LogP contribution >= 0.6 is 0 Å². The minimum atomic E-state index is 0. The van der Waals surface area contributed by atoms with E-state index in [1.54, 1.807) is 17.6 Å². The van der Waals surface area contributed by atoms with Crippen LogP contribution < -0.4 is 22.0 Å². The van der Waals surface area contributed by atoms with Crippen LogP contribution in [-0.2, 0) is 12.8 Å². The highest BCUT2D eigenvalue weighted by molar-refractivity contribution is 5.74. The molecule has 3 heteroatoms. The Morgan fingerprint density at radius 3 is 2.35 bits per heavy atom. The second-order valence-corrected chi connectivity index (χ2v) is 7.24. The van der Waals surface area contributed by atoms with E-state index >= 15 is 0 Å². The van der Waals surface area contributed by atoms with Gasteiger partial charge >= 0.3 is 0 Å². The molecule has 0 aliphatic heterocycles. The Balaban J connectivity index is 0.00000243. The van der Waals surface area contributed by atoms with E-state index in [9.17, 15) is 0 Å². The number of methoxy groups -OCH3 is 1. The van der Waals surface area contributed by atoms with Crippen LogP contribution in [0.1, 0.15) is 44.2 Å². The lowest BCUT2D eigenvalue weighted by molar-refractivity contribution is -0.926. The highest BCUT2D eigenvalue weighted by Crippen LogP contribution is 2.36.